The van der Waals surface area contributed by atoms with Gasteiger partial charge in [0.1, 0.15) is 0 Å². The maximum Gasteiger partial charge on any atom is 0.234 e. The molecule has 0 aromatic rings. The van der Waals surface area contributed by atoms with Crippen LogP contribution in [0.4, 0.5) is 0 Å². The maximum atomic E-state index is 11.8. The molecule has 2 aliphatic rings. The van der Waals surface area contributed by atoms with E-state index in [1.54, 1.807) is 0 Å². The lowest BCUT2D eigenvalue weighted by Crippen LogP contribution is -2.58. The molecule has 4 N–H and O–H groups in total. The predicted octanol–water partition coefficient (Wildman–Crippen LogP) is 2.36. The van der Waals surface area contributed by atoms with E-state index in [2.05, 4.69) is 26.2 Å². The van der Waals surface area contributed by atoms with Gasteiger partial charge in [-0.3, -0.25) is 10.2 Å². The van der Waals surface area contributed by atoms with Crippen LogP contribution in [0.15, 0.2) is 0 Å². The SMILES string of the molecule is CC1(C)CCC[C@]2(C)[C@@H]1CC[C@](C)(O)[C@H]2CC(=O)NN. The lowest BCUT2D eigenvalue weighted by molar-refractivity contribution is -0.173. The zero-order valence-corrected chi connectivity index (χ0v) is 13.3. The molecule has 0 aromatic carbocycles. The van der Waals surface area contributed by atoms with Gasteiger partial charge in [0.2, 0.25) is 5.91 Å². The summed E-state index contributed by atoms with van der Waals surface area (Å²) in [7, 11) is 0. The molecule has 2 saturated carbocycles. The summed E-state index contributed by atoms with van der Waals surface area (Å²) in [4.78, 5) is 11.8. The minimum absolute atomic E-state index is 0.0168. The predicted molar refractivity (Wildman–Crippen MR) is 79.5 cm³/mol. The Labute approximate surface area is 122 Å². The topological polar surface area (TPSA) is 75.3 Å². The number of nitrogens with two attached hydrogens (primary N) is 1. The summed E-state index contributed by atoms with van der Waals surface area (Å²) in [5.74, 6) is 5.65. The largest absolute Gasteiger partial charge is 0.390 e. The first-order valence-corrected chi connectivity index (χ1v) is 7.85. The van der Waals surface area contributed by atoms with Gasteiger partial charge in [-0.05, 0) is 49.4 Å². The third kappa shape index (κ3) is 2.48. The van der Waals surface area contributed by atoms with Gasteiger partial charge in [-0.1, -0.05) is 27.2 Å². The number of amides is 1. The van der Waals surface area contributed by atoms with Crippen molar-refractivity contribution >= 4 is 5.91 Å². The van der Waals surface area contributed by atoms with E-state index in [9.17, 15) is 9.90 Å². The van der Waals surface area contributed by atoms with Crippen molar-refractivity contribution in [3.05, 3.63) is 0 Å². The van der Waals surface area contributed by atoms with Crippen LogP contribution in [0.25, 0.3) is 0 Å². The third-order valence-electron chi connectivity index (χ3n) is 6.31. The number of nitrogens with one attached hydrogen (secondary N) is 1. The summed E-state index contributed by atoms with van der Waals surface area (Å²) in [6, 6.07) is 0. The molecule has 0 saturated heterocycles. The van der Waals surface area contributed by atoms with Crippen molar-refractivity contribution in [1.29, 1.82) is 0 Å². The number of rotatable bonds is 2. The van der Waals surface area contributed by atoms with Crippen LogP contribution in [0.3, 0.4) is 0 Å². The highest BCUT2D eigenvalue weighted by Gasteiger charge is 2.58. The number of hydrogen-bond donors (Lipinski definition) is 3. The Balaban J connectivity index is 2.35. The molecule has 4 atom stereocenters. The molecule has 0 spiro atoms. The standard InChI is InChI=1S/C16H30N2O2/c1-14(2)7-5-8-15(3)11(14)6-9-16(4,20)12(15)10-13(19)18-17/h11-12,20H,5-10,17H2,1-4H3,(H,18,19)/t11-,12+,15-,16+/m1/s1. The van der Waals surface area contributed by atoms with Crippen molar-refractivity contribution in [1.82, 2.24) is 5.43 Å². The molecule has 0 heterocycles. The van der Waals surface area contributed by atoms with Gasteiger partial charge in [0, 0.05) is 12.3 Å². The summed E-state index contributed by atoms with van der Waals surface area (Å²) >= 11 is 0. The van der Waals surface area contributed by atoms with E-state index in [0.717, 1.165) is 19.3 Å². The minimum Gasteiger partial charge on any atom is -0.390 e. The Hall–Kier alpha value is -0.610. The van der Waals surface area contributed by atoms with Crippen LogP contribution in [0.2, 0.25) is 0 Å². The van der Waals surface area contributed by atoms with E-state index in [4.69, 9.17) is 5.84 Å². The van der Waals surface area contributed by atoms with E-state index >= 15 is 0 Å². The van der Waals surface area contributed by atoms with Crippen LogP contribution in [-0.2, 0) is 4.79 Å². The molecule has 1 amide bonds. The number of hydrazine groups is 1. The van der Waals surface area contributed by atoms with E-state index in [1.807, 2.05) is 6.92 Å². The van der Waals surface area contributed by atoms with Crippen LogP contribution in [0, 0.1) is 22.7 Å². The number of carbonyl (C=O) groups excluding carboxylic acids is 1. The number of hydrogen-bond acceptors (Lipinski definition) is 3. The Morgan fingerprint density at radius 1 is 1.25 bits per heavy atom. The van der Waals surface area contributed by atoms with Gasteiger partial charge < -0.3 is 5.11 Å². The van der Waals surface area contributed by atoms with Crippen molar-refractivity contribution in [3.63, 3.8) is 0 Å². The average molecular weight is 282 g/mol. The van der Waals surface area contributed by atoms with Crippen LogP contribution < -0.4 is 11.3 Å². The second-order valence-electron chi connectivity index (χ2n) is 8.12. The van der Waals surface area contributed by atoms with E-state index in [-0.39, 0.29) is 17.2 Å². The quantitative estimate of drug-likeness (QED) is 0.413. The molecular formula is C16H30N2O2. The number of aliphatic hydroxyl groups is 1. The summed E-state index contributed by atoms with van der Waals surface area (Å²) in [6.45, 7) is 8.86. The van der Waals surface area contributed by atoms with Crippen molar-refractivity contribution < 1.29 is 9.90 Å². The molecular weight excluding hydrogens is 252 g/mol. The summed E-state index contributed by atoms with van der Waals surface area (Å²) in [5, 5.41) is 10.8. The average Bonchev–Trinajstić information content (AvgIpc) is 2.32. The smallest absolute Gasteiger partial charge is 0.234 e. The summed E-state index contributed by atoms with van der Waals surface area (Å²) in [5.41, 5.74) is 1.78. The zero-order valence-electron chi connectivity index (χ0n) is 13.3. The van der Waals surface area contributed by atoms with Gasteiger partial charge in [-0.25, -0.2) is 5.84 Å². The fourth-order valence-electron chi connectivity index (χ4n) is 5.32. The van der Waals surface area contributed by atoms with Crippen LogP contribution in [0.5, 0.6) is 0 Å². The Morgan fingerprint density at radius 3 is 2.50 bits per heavy atom. The zero-order chi connectivity index (χ0) is 15.2. The summed E-state index contributed by atoms with van der Waals surface area (Å²) in [6.07, 6.45) is 5.67. The monoisotopic (exact) mass is 282 g/mol. The fourth-order valence-corrected chi connectivity index (χ4v) is 5.32. The highest BCUT2D eigenvalue weighted by molar-refractivity contribution is 5.75. The first-order valence-electron chi connectivity index (χ1n) is 7.85. The highest BCUT2D eigenvalue weighted by atomic mass is 16.3. The van der Waals surface area contributed by atoms with Crippen molar-refractivity contribution in [3.8, 4) is 0 Å². The van der Waals surface area contributed by atoms with Gasteiger partial charge in [0.05, 0.1) is 5.60 Å². The maximum absolute atomic E-state index is 11.8. The van der Waals surface area contributed by atoms with Gasteiger partial charge in [0.25, 0.3) is 0 Å². The molecule has 0 unspecified atom stereocenters. The van der Waals surface area contributed by atoms with E-state index < -0.39 is 5.60 Å². The Bertz CT molecular complexity index is 392. The lowest BCUT2D eigenvalue weighted by Gasteiger charge is -2.61. The van der Waals surface area contributed by atoms with Crippen LogP contribution in [-0.4, -0.2) is 16.6 Å². The first kappa shape index (κ1) is 15.8. The molecule has 0 radical (unpaired) electrons. The second kappa shape index (κ2) is 4.99. The van der Waals surface area contributed by atoms with Crippen molar-refractivity contribution in [2.75, 3.05) is 0 Å². The van der Waals surface area contributed by atoms with E-state index in [1.165, 1.54) is 12.8 Å². The molecule has 0 bridgehead atoms. The first-order chi connectivity index (χ1) is 9.13. The van der Waals surface area contributed by atoms with Gasteiger partial charge in [0.15, 0.2) is 0 Å². The molecule has 2 aliphatic carbocycles. The third-order valence-corrected chi connectivity index (χ3v) is 6.31. The number of fused-ring (bicyclic) bond motifs is 1. The summed E-state index contributed by atoms with van der Waals surface area (Å²) < 4.78 is 0. The second-order valence-corrected chi connectivity index (χ2v) is 8.12. The van der Waals surface area contributed by atoms with Crippen molar-refractivity contribution in [2.24, 2.45) is 28.5 Å². The Morgan fingerprint density at radius 2 is 1.90 bits per heavy atom. The fraction of sp³-hybridized carbons (Fsp3) is 0.938. The van der Waals surface area contributed by atoms with E-state index in [0.29, 0.717) is 17.8 Å². The molecule has 2 fully saturated rings. The molecule has 0 aromatic heterocycles. The van der Waals surface area contributed by atoms with Crippen molar-refractivity contribution in [2.45, 2.75) is 71.8 Å². The normalized spacial score (nSPS) is 43.7. The van der Waals surface area contributed by atoms with Gasteiger partial charge >= 0.3 is 0 Å². The van der Waals surface area contributed by atoms with Gasteiger partial charge in [-0.2, -0.15) is 0 Å². The van der Waals surface area contributed by atoms with Gasteiger partial charge in [-0.15, -0.1) is 0 Å². The molecule has 4 nitrogen and oxygen atoms in total. The lowest BCUT2D eigenvalue weighted by atomic mass is 9.45. The molecule has 2 rings (SSSR count). The minimum atomic E-state index is -0.773. The Kier molecular flexibility index (Phi) is 3.93. The number of carbonyl (C=O) groups is 1. The van der Waals surface area contributed by atoms with Crippen LogP contribution >= 0.6 is 0 Å². The molecule has 0 aliphatic heterocycles. The van der Waals surface area contributed by atoms with Crippen LogP contribution in [0.1, 0.15) is 66.2 Å². The highest BCUT2D eigenvalue weighted by Crippen LogP contribution is 2.62. The molecule has 20 heavy (non-hydrogen) atoms. The molecule has 4 heteroatoms. The molecule has 116 valence electrons.